The van der Waals surface area contributed by atoms with Crippen LogP contribution in [0.1, 0.15) is 37.5 Å². The van der Waals surface area contributed by atoms with Gasteiger partial charge in [0.15, 0.2) is 11.5 Å². The first-order chi connectivity index (χ1) is 12.2. The Bertz CT molecular complexity index is 726. The van der Waals surface area contributed by atoms with Crippen molar-refractivity contribution in [1.82, 2.24) is 9.88 Å². The van der Waals surface area contributed by atoms with Crippen molar-refractivity contribution in [2.24, 2.45) is 5.92 Å². The van der Waals surface area contributed by atoms with E-state index >= 15 is 0 Å². The number of benzene rings is 1. The second-order valence-electron chi connectivity index (χ2n) is 7.18. The molecule has 1 aromatic carbocycles. The number of rotatable bonds is 3. The van der Waals surface area contributed by atoms with E-state index in [0.717, 1.165) is 42.9 Å². The molecule has 1 saturated heterocycles. The maximum Gasteiger partial charge on any atom is 0.308 e. The van der Waals surface area contributed by atoms with Crippen molar-refractivity contribution in [3.8, 4) is 0 Å². The van der Waals surface area contributed by atoms with Crippen molar-refractivity contribution in [3.63, 3.8) is 0 Å². The molecule has 1 aliphatic heterocycles. The molecule has 0 amide bonds. The van der Waals surface area contributed by atoms with E-state index in [2.05, 4.69) is 9.88 Å². The Kier molecular flexibility index (Phi) is 4.48. The van der Waals surface area contributed by atoms with Crippen LogP contribution in [0.25, 0.3) is 11.1 Å². The highest BCUT2D eigenvalue weighted by atomic mass is 16.5. The lowest BCUT2D eigenvalue weighted by Crippen LogP contribution is -2.45. The van der Waals surface area contributed by atoms with Gasteiger partial charge in [0.1, 0.15) is 5.52 Å². The number of oxazole rings is 1. The molecule has 1 aliphatic carbocycles. The standard InChI is InChI=1S/C19H24N2O4/c1-24-19(23)13-9-15(16(22)10-13)21-8-4-5-12(11-21)18-20-14-6-2-3-7-17(14)25-18/h2-3,6-7,12-13,15-16,22H,4-5,8-11H2,1H3/t12-,13+,15-,16+/m1/s1. The topological polar surface area (TPSA) is 75.8 Å². The Hall–Kier alpha value is -1.92. The summed E-state index contributed by atoms with van der Waals surface area (Å²) in [5.41, 5.74) is 1.71. The van der Waals surface area contributed by atoms with E-state index in [-0.39, 0.29) is 23.8 Å². The van der Waals surface area contributed by atoms with E-state index < -0.39 is 6.10 Å². The third-order valence-corrected chi connectivity index (χ3v) is 5.61. The predicted octanol–water partition coefficient (Wildman–Crippen LogP) is 2.32. The summed E-state index contributed by atoms with van der Waals surface area (Å²) in [5, 5.41) is 10.4. The summed E-state index contributed by atoms with van der Waals surface area (Å²) < 4.78 is 10.8. The van der Waals surface area contributed by atoms with E-state index in [1.165, 1.54) is 7.11 Å². The Labute approximate surface area is 146 Å². The van der Waals surface area contributed by atoms with Crippen LogP contribution in [0.5, 0.6) is 0 Å². The van der Waals surface area contributed by atoms with Crippen LogP contribution >= 0.6 is 0 Å². The summed E-state index contributed by atoms with van der Waals surface area (Å²) in [4.78, 5) is 18.7. The molecule has 6 heteroatoms. The predicted molar refractivity (Wildman–Crippen MR) is 92.1 cm³/mol. The molecule has 0 radical (unpaired) electrons. The number of likely N-dealkylation sites (tertiary alicyclic amines) is 1. The third-order valence-electron chi connectivity index (χ3n) is 5.61. The van der Waals surface area contributed by atoms with E-state index in [4.69, 9.17) is 9.15 Å². The van der Waals surface area contributed by atoms with Crippen molar-refractivity contribution < 1.29 is 19.1 Å². The van der Waals surface area contributed by atoms with Crippen molar-refractivity contribution >= 4 is 17.1 Å². The molecule has 6 nitrogen and oxygen atoms in total. The molecule has 4 rings (SSSR count). The number of piperidine rings is 1. The first-order valence-corrected chi connectivity index (χ1v) is 9.01. The van der Waals surface area contributed by atoms with Gasteiger partial charge in [0.05, 0.1) is 19.1 Å². The van der Waals surface area contributed by atoms with E-state index in [9.17, 15) is 9.90 Å². The lowest BCUT2D eigenvalue weighted by Gasteiger charge is -2.37. The molecular formula is C19H24N2O4. The molecule has 1 N–H and O–H groups in total. The number of carbonyl (C=O) groups excluding carboxylic acids is 1. The molecule has 1 saturated carbocycles. The normalized spacial score (nSPS) is 30.6. The molecule has 0 unspecified atom stereocenters. The number of methoxy groups -OCH3 is 1. The molecule has 0 spiro atoms. The maximum absolute atomic E-state index is 11.8. The number of nitrogens with zero attached hydrogens (tertiary/aromatic N) is 2. The van der Waals surface area contributed by atoms with Gasteiger partial charge in [-0.3, -0.25) is 9.69 Å². The highest BCUT2D eigenvalue weighted by molar-refractivity contribution is 5.73. The fourth-order valence-corrected chi connectivity index (χ4v) is 4.32. The number of fused-ring (bicyclic) bond motifs is 1. The summed E-state index contributed by atoms with van der Waals surface area (Å²) in [6, 6.07) is 7.82. The largest absolute Gasteiger partial charge is 0.469 e. The van der Waals surface area contributed by atoms with Gasteiger partial charge >= 0.3 is 5.97 Å². The summed E-state index contributed by atoms with van der Waals surface area (Å²) in [7, 11) is 1.41. The number of hydrogen-bond acceptors (Lipinski definition) is 6. The van der Waals surface area contributed by atoms with Crippen LogP contribution in [-0.2, 0) is 9.53 Å². The number of aromatic nitrogens is 1. The Morgan fingerprint density at radius 2 is 2.20 bits per heavy atom. The highest BCUT2D eigenvalue weighted by Crippen LogP contribution is 2.35. The highest BCUT2D eigenvalue weighted by Gasteiger charge is 2.42. The van der Waals surface area contributed by atoms with Gasteiger partial charge in [0, 0.05) is 18.5 Å². The summed E-state index contributed by atoms with van der Waals surface area (Å²) in [5.74, 6) is 0.595. The molecule has 2 aliphatic rings. The van der Waals surface area contributed by atoms with Gasteiger partial charge in [0.25, 0.3) is 0 Å². The Morgan fingerprint density at radius 3 is 3.00 bits per heavy atom. The van der Waals surface area contributed by atoms with E-state index in [1.807, 2.05) is 24.3 Å². The number of aliphatic hydroxyl groups excluding tert-OH is 1. The van der Waals surface area contributed by atoms with Crippen LogP contribution in [-0.4, -0.2) is 53.3 Å². The first kappa shape index (κ1) is 16.5. The van der Waals surface area contributed by atoms with Crippen molar-refractivity contribution in [1.29, 1.82) is 0 Å². The fraction of sp³-hybridized carbons (Fsp3) is 0.579. The first-order valence-electron chi connectivity index (χ1n) is 9.01. The average molecular weight is 344 g/mol. The second-order valence-corrected chi connectivity index (χ2v) is 7.18. The van der Waals surface area contributed by atoms with Gasteiger partial charge in [-0.2, -0.15) is 0 Å². The number of aliphatic hydroxyl groups is 1. The van der Waals surface area contributed by atoms with Gasteiger partial charge in [-0.15, -0.1) is 0 Å². The molecule has 2 heterocycles. The third kappa shape index (κ3) is 3.16. The minimum atomic E-state index is -0.480. The number of esters is 1. The van der Waals surface area contributed by atoms with Crippen LogP contribution in [0.3, 0.4) is 0 Å². The number of carbonyl (C=O) groups is 1. The van der Waals surface area contributed by atoms with Crippen LogP contribution in [0.2, 0.25) is 0 Å². The average Bonchev–Trinajstić information content (AvgIpc) is 3.24. The monoisotopic (exact) mass is 344 g/mol. The fourth-order valence-electron chi connectivity index (χ4n) is 4.32. The molecular weight excluding hydrogens is 320 g/mol. The maximum atomic E-state index is 11.8. The molecule has 2 aromatic rings. The molecule has 0 bridgehead atoms. The zero-order chi connectivity index (χ0) is 17.4. The Morgan fingerprint density at radius 1 is 1.36 bits per heavy atom. The van der Waals surface area contributed by atoms with Gasteiger partial charge in [0.2, 0.25) is 0 Å². The van der Waals surface area contributed by atoms with E-state index in [1.54, 1.807) is 0 Å². The van der Waals surface area contributed by atoms with Crippen LogP contribution in [0, 0.1) is 5.92 Å². The van der Waals surface area contributed by atoms with Crippen LogP contribution < -0.4 is 0 Å². The SMILES string of the molecule is COC(=O)[C@H]1C[C@@H](N2CCC[C@@H](c3nc4ccccc4o3)C2)[C@@H](O)C1. The van der Waals surface area contributed by atoms with Gasteiger partial charge < -0.3 is 14.3 Å². The summed E-state index contributed by atoms with van der Waals surface area (Å²) >= 11 is 0. The molecule has 1 aromatic heterocycles. The van der Waals surface area contributed by atoms with Gasteiger partial charge in [-0.25, -0.2) is 4.98 Å². The van der Waals surface area contributed by atoms with Gasteiger partial charge in [-0.1, -0.05) is 12.1 Å². The quantitative estimate of drug-likeness (QED) is 0.861. The minimum Gasteiger partial charge on any atom is -0.469 e. The summed E-state index contributed by atoms with van der Waals surface area (Å²) in [6.45, 7) is 1.74. The van der Waals surface area contributed by atoms with Gasteiger partial charge in [-0.05, 0) is 44.4 Å². The number of para-hydroxylation sites is 2. The zero-order valence-electron chi connectivity index (χ0n) is 14.4. The molecule has 2 fully saturated rings. The second kappa shape index (κ2) is 6.77. The lowest BCUT2D eigenvalue weighted by molar-refractivity contribution is -0.145. The molecule has 4 atom stereocenters. The lowest BCUT2D eigenvalue weighted by atomic mass is 9.95. The zero-order valence-corrected chi connectivity index (χ0v) is 14.4. The minimum absolute atomic E-state index is 0.0104. The molecule has 134 valence electrons. The molecule has 25 heavy (non-hydrogen) atoms. The number of ether oxygens (including phenoxy) is 1. The summed E-state index contributed by atoms with van der Waals surface area (Å²) in [6.07, 6.45) is 2.74. The van der Waals surface area contributed by atoms with Crippen molar-refractivity contribution in [2.45, 2.75) is 43.7 Å². The number of hydrogen-bond donors (Lipinski definition) is 1. The Balaban J connectivity index is 1.48. The van der Waals surface area contributed by atoms with Crippen molar-refractivity contribution in [2.75, 3.05) is 20.2 Å². The smallest absolute Gasteiger partial charge is 0.308 e. The van der Waals surface area contributed by atoms with E-state index in [0.29, 0.717) is 12.8 Å². The van der Waals surface area contributed by atoms with Crippen LogP contribution in [0.4, 0.5) is 0 Å². The van der Waals surface area contributed by atoms with Crippen molar-refractivity contribution in [3.05, 3.63) is 30.2 Å². The van der Waals surface area contributed by atoms with Crippen LogP contribution in [0.15, 0.2) is 28.7 Å².